The van der Waals surface area contributed by atoms with E-state index in [1.807, 2.05) is 0 Å². The van der Waals surface area contributed by atoms with Gasteiger partial charge in [0.25, 0.3) is 10.0 Å². The van der Waals surface area contributed by atoms with E-state index in [9.17, 15) is 12.8 Å². The van der Waals surface area contributed by atoms with E-state index in [0.29, 0.717) is 12.1 Å². The van der Waals surface area contributed by atoms with E-state index >= 15 is 4.39 Å². The van der Waals surface area contributed by atoms with Crippen LogP contribution in [0.5, 0.6) is 5.75 Å². The summed E-state index contributed by atoms with van der Waals surface area (Å²) in [5, 5.41) is 2.99. The van der Waals surface area contributed by atoms with Crippen molar-refractivity contribution in [3.63, 3.8) is 0 Å². The van der Waals surface area contributed by atoms with Gasteiger partial charge in [0.05, 0.1) is 10.7 Å². The molecule has 0 unspecified atom stereocenters. The summed E-state index contributed by atoms with van der Waals surface area (Å²) in [5.41, 5.74) is 1.06. The third kappa shape index (κ3) is 5.10. The first-order valence-electron chi connectivity index (χ1n) is 10.7. The van der Waals surface area contributed by atoms with Gasteiger partial charge in [-0.3, -0.25) is 4.98 Å². The smallest absolute Gasteiger partial charge is 0.269 e. The van der Waals surface area contributed by atoms with Gasteiger partial charge in [0.2, 0.25) is 0 Å². The van der Waals surface area contributed by atoms with E-state index in [1.165, 1.54) is 48.9 Å². The molecule has 0 aliphatic rings. The summed E-state index contributed by atoms with van der Waals surface area (Å²) >= 11 is 12.2. The fraction of sp³-hybridized carbons (Fsp3) is 0.160. The number of hydrogen-bond acceptors (Lipinski definition) is 5. The van der Waals surface area contributed by atoms with Crippen molar-refractivity contribution in [1.29, 1.82) is 0 Å². The Bertz CT molecular complexity index is 1510. The van der Waals surface area contributed by atoms with Crippen LogP contribution in [0.2, 0.25) is 10.0 Å². The molecule has 1 atom stereocenters. The van der Waals surface area contributed by atoms with Gasteiger partial charge in [-0.2, -0.15) is 0 Å². The standard InChI is InChI=1S/C25H21Cl2F2N3O3S/c1-15(24-20(26)7-8-21(28)25(24)27)35-17-5-6-19(22(29)11-17)23-10-16(12-30-2)14-32(23)36(33,34)18-4-3-9-31-13-18/h3-11,13-15,30H,12H2,1-2H3/t15-/m0/s1. The molecule has 2 aromatic carbocycles. The molecular weight excluding hydrogens is 531 g/mol. The predicted octanol–water partition coefficient (Wildman–Crippen LogP) is 6.23. The largest absolute Gasteiger partial charge is 0.486 e. The number of nitrogens with one attached hydrogen (secondary N) is 1. The zero-order valence-corrected chi connectivity index (χ0v) is 21.5. The van der Waals surface area contributed by atoms with Gasteiger partial charge in [0.15, 0.2) is 0 Å². The van der Waals surface area contributed by atoms with Crippen LogP contribution in [-0.4, -0.2) is 24.4 Å². The van der Waals surface area contributed by atoms with Gasteiger partial charge in [-0.05, 0) is 62.0 Å². The van der Waals surface area contributed by atoms with E-state index in [-0.39, 0.29) is 37.5 Å². The SMILES string of the molecule is CNCc1cc(-c2ccc(O[C@@H](C)c3c(Cl)ccc(F)c3Cl)cc2F)n(S(=O)(=O)c2cccnc2)c1. The number of hydrogen-bond donors (Lipinski definition) is 1. The van der Waals surface area contributed by atoms with Gasteiger partial charge in [-0.25, -0.2) is 21.2 Å². The Morgan fingerprint density at radius 3 is 2.56 bits per heavy atom. The molecule has 2 heterocycles. The summed E-state index contributed by atoms with van der Waals surface area (Å²) in [6, 6.07) is 11.1. The number of halogens is 4. The zero-order chi connectivity index (χ0) is 26.0. The predicted molar refractivity (Wildman–Crippen MR) is 135 cm³/mol. The molecule has 6 nitrogen and oxygen atoms in total. The van der Waals surface area contributed by atoms with E-state index in [2.05, 4.69) is 10.3 Å². The van der Waals surface area contributed by atoms with Crippen molar-refractivity contribution < 1.29 is 21.9 Å². The van der Waals surface area contributed by atoms with Crippen LogP contribution in [0, 0.1) is 11.6 Å². The molecule has 0 fully saturated rings. The Balaban J connectivity index is 1.72. The highest BCUT2D eigenvalue weighted by Gasteiger charge is 2.24. The molecule has 0 saturated heterocycles. The normalized spacial score (nSPS) is 12.5. The quantitative estimate of drug-likeness (QED) is 0.263. The van der Waals surface area contributed by atoms with Crippen LogP contribution in [0.1, 0.15) is 24.2 Å². The van der Waals surface area contributed by atoms with Crippen molar-refractivity contribution in [2.75, 3.05) is 7.05 Å². The Morgan fingerprint density at radius 2 is 1.89 bits per heavy atom. The highest BCUT2D eigenvalue weighted by molar-refractivity contribution is 7.90. The lowest BCUT2D eigenvalue weighted by molar-refractivity contribution is 0.225. The summed E-state index contributed by atoms with van der Waals surface area (Å²) in [6.07, 6.45) is 3.34. The highest BCUT2D eigenvalue weighted by atomic mass is 35.5. The molecule has 0 spiro atoms. The van der Waals surface area contributed by atoms with E-state index in [0.717, 1.165) is 16.1 Å². The van der Waals surface area contributed by atoms with Crippen molar-refractivity contribution in [2.24, 2.45) is 0 Å². The van der Waals surface area contributed by atoms with Crippen LogP contribution in [0.4, 0.5) is 8.78 Å². The molecule has 1 N–H and O–H groups in total. The highest BCUT2D eigenvalue weighted by Crippen LogP contribution is 2.36. The second-order valence-corrected chi connectivity index (χ2v) is 10.5. The minimum absolute atomic E-state index is 0.0316. The Morgan fingerprint density at radius 1 is 1.11 bits per heavy atom. The summed E-state index contributed by atoms with van der Waals surface area (Å²) < 4.78 is 62.7. The lowest BCUT2D eigenvalue weighted by Crippen LogP contribution is -2.14. The number of nitrogens with zero attached hydrogens (tertiary/aromatic N) is 2. The number of ether oxygens (including phenoxy) is 1. The van der Waals surface area contributed by atoms with E-state index in [4.69, 9.17) is 27.9 Å². The number of aromatic nitrogens is 2. The molecule has 0 radical (unpaired) electrons. The van der Waals surface area contributed by atoms with Crippen LogP contribution in [0.15, 0.2) is 72.0 Å². The minimum atomic E-state index is -4.05. The maximum atomic E-state index is 15.3. The van der Waals surface area contributed by atoms with Gasteiger partial charge in [-0.1, -0.05) is 23.2 Å². The van der Waals surface area contributed by atoms with Crippen LogP contribution < -0.4 is 10.1 Å². The maximum Gasteiger partial charge on any atom is 0.269 e. The van der Waals surface area contributed by atoms with E-state index in [1.54, 1.807) is 20.0 Å². The minimum Gasteiger partial charge on any atom is -0.486 e. The molecule has 0 aliphatic carbocycles. The number of benzene rings is 2. The van der Waals surface area contributed by atoms with Crippen LogP contribution in [0.3, 0.4) is 0 Å². The molecular formula is C25H21Cl2F2N3O3S. The van der Waals surface area contributed by atoms with Gasteiger partial charge in [0.1, 0.15) is 28.4 Å². The molecule has 4 rings (SSSR count). The average Bonchev–Trinajstić information content (AvgIpc) is 3.27. The van der Waals surface area contributed by atoms with Crippen LogP contribution in [0.25, 0.3) is 11.3 Å². The molecule has 2 aromatic heterocycles. The third-order valence-corrected chi connectivity index (χ3v) is 7.80. The van der Waals surface area contributed by atoms with Crippen molar-refractivity contribution in [3.05, 3.63) is 99.9 Å². The Kier molecular flexibility index (Phi) is 7.65. The van der Waals surface area contributed by atoms with Crippen molar-refractivity contribution in [2.45, 2.75) is 24.5 Å². The molecule has 0 bridgehead atoms. The lowest BCUT2D eigenvalue weighted by atomic mass is 10.1. The third-order valence-electron chi connectivity index (χ3n) is 5.43. The van der Waals surface area contributed by atoms with Crippen molar-refractivity contribution in [3.8, 4) is 17.0 Å². The van der Waals surface area contributed by atoms with Gasteiger partial charge in [0, 0.05) is 47.4 Å². The summed E-state index contributed by atoms with van der Waals surface area (Å²) in [6.45, 7) is 1.98. The molecule has 0 amide bonds. The van der Waals surface area contributed by atoms with Gasteiger partial charge >= 0.3 is 0 Å². The summed E-state index contributed by atoms with van der Waals surface area (Å²) in [5.74, 6) is -1.24. The van der Waals surface area contributed by atoms with Crippen LogP contribution >= 0.6 is 23.2 Å². The average molecular weight is 552 g/mol. The molecule has 0 aliphatic heterocycles. The second kappa shape index (κ2) is 10.6. The first-order valence-corrected chi connectivity index (χ1v) is 12.9. The molecule has 11 heteroatoms. The molecule has 36 heavy (non-hydrogen) atoms. The van der Waals surface area contributed by atoms with Crippen molar-refractivity contribution >= 4 is 33.2 Å². The Hall–Kier alpha value is -2.98. The monoisotopic (exact) mass is 551 g/mol. The summed E-state index contributed by atoms with van der Waals surface area (Å²) in [7, 11) is -2.33. The van der Waals surface area contributed by atoms with Crippen molar-refractivity contribution in [1.82, 2.24) is 14.3 Å². The Labute approximate surface area is 217 Å². The van der Waals surface area contributed by atoms with E-state index < -0.39 is 27.8 Å². The number of pyridine rings is 1. The number of rotatable bonds is 8. The zero-order valence-electron chi connectivity index (χ0n) is 19.2. The van der Waals surface area contributed by atoms with Gasteiger partial charge in [-0.15, -0.1) is 0 Å². The summed E-state index contributed by atoms with van der Waals surface area (Å²) in [4.78, 5) is 3.85. The fourth-order valence-corrected chi connectivity index (χ4v) is 5.80. The molecule has 188 valence electrons. The first kappa shape index (κ1) is 26.1. The topological polar surface area (TPSA) is 73.2 Å². The lowest BCUT2D eigenvalue weighted by Gasteiger charge is -2.18. The molecule has 4 aromatic rings. The first-order chi connectivity index (χ1) is 17.1. The fourth-order valence-electron chi connectivity index (χ4n) is 3.76. The molecule has 0 saturated carbocycles. The maximum absolute atomic E-state index is 15.3. The van der Waals surface area contributed by atoms with Gasteiger partial charge < -0.3 is 10.1 Å². The second-order valence-electron chi connectivity index (χ2n) is 7.91. The van der Waals surface area contributed by atoms with Crippen LogP contribution in [-0.2, 0) is 16.6 Å².